The molecule has 0 saturated carbocycles. The predicted octanol–water partition coefficient (Wildman–Crippen LogP) is 5.48. The molecule has 0 aromatic heterocycles. The molecule has 2 rings (SSSR count). The zero-order valence-corrected chi connectivity index (χ0v) is 13.7. The van der Waals surface area contributed by atoms with E-state index in [4.69, 9.17) is 0 Å². The topological polar surface area (TPSA) is 32.3 Å². The van der Waals surface area contributed by atoms with Crippen molar-refractivity contribution in [2.45, 2.75) is 19.4 Å². The Labute approximate surface area is 130 Å². The highest BCUT2D eigenvalue weighted by atomic mass is 79.9. The second-order valence-electron chi connectivity index (χ2n) is 4.29. The summed E-state index contributed by atoms with van der Waals surface area (Å²) < 4.78 is 1.98. The average Bonchev–Trinajstić information content (AvgIpc) is 2.41. The van der Waals surface area contributed by atoms with Gasteiger partial charge < -0.3 is 10.4 Å². The third-order valence-corrected chi connectivity index (χ3v) is 4.16. The fraction of sp³-hybridized carbons (Fsp3) is 0.200. The van der Waals surface area contributed by atoms with Crippen molar-refractivity contribution >= 4 is 37.5 Å². The van der Waals surface area contributed by atoms with Crippen molar-refractivity contribution in [2.24, 2.45) is 0 Å². The van der Waals surface area contributed by atoms with E-state index in [0.29, 0.717) is 5.75 Å². The van der Waals surface area contributed by atoms with Crippen molar-refractivity contribution in [1.82, 2.24) is 0 Å². The molecule has 0 spiro atoms. The first-order chi connectivity index (χ1) is 9.11. The molecule has 0 aliphatic carbocycles. The van der Waals surface area contributed by atoms with Gasteiger partial charge in [0, 0.05) is 20.2 Å². The van der Waals surface area contributed by atoms with Crippen LogP contribution in [0.5, 0.6) is 5.75 Å². The summed E-state index contributed by atoms with van der Waals surface area (Å²) in [6.07, 6.45) is 0.880. The molecule has 1 unspecified atom stereocenters. The number of hydrogen-bond donors (Lipinski definition) is 2. The molecule has 0 radical (unpaired) electrons. The lowest BCUT2D eigenvalue weighted by molar-refractivity contribution is 0.462. The van der Waals surface area contributed by atoms with Crippen LogP contribution < -0.4 is 5.32 Å². The van der Waals surface area contributed by atoms with Crippen LogP contribution in [0.4, 0.5) is 5.69 Å². The SMILES string of the molecule is CCC(Nc1ccccc1Br)c1cc(Br)ccc1O. The van der Waals surface area contributed by atoms with E-state index < -0.39 is 0 Å². The Morgan fingerprint density at radius 3 is 2.58 bits per heavy atom. The second-order valence-corrected chi connectivity index (χ2v) is 6.06. The van der Waals surface area contributed by atoms with Crippen LogP contribution in [0, 0.1) is 0 Å². The van der Waals surface area contributed by atoms with E-state index in [0.717, 1.165) is 26.6 Å². The van der Waals surface area contributed by atoms with Crippen LogP contribution in [0.3, 0.4) is 0 Å². The number of benzene rings is 2. The number of halogens is 2. The van der Waals surface area contributed by atoms with Crippen molar-refractivity contribution < 1.29 is 5.11 Å². The van der Waals surface area contributed by atoms with E-state index in [-0.39, 0.29) is 6.04 Å². The quantitative estimate of drug-likeness (QED) is 0.731. The molecule has 19 heavy (non-hydrogen) atoms. The molecule has 4 heteroatoms. The minimum Gasteiger partial charge on any atom is -0.508 e. The van der Waals surface area contributed by atoms with Gasteiger partial charge in [0.05, 0.1) is 6.04 Å². The lowest BCUT2D eigenvalue weighted by atomic mass is 10.0. The Morgan fingerprint density at radius 2 is 1.89 bits per heavy atom. The minimum atomic E-state index is 0.0659. The third kappa shape index (κ3) is 3.51. The molecule has 0 saturated heterocycles. The summed E-state index contributed by atoms with van der Waals surface area (Å²) in [5.41, 5.74) is 1.92. The molecule has 2 aromatic carbocycles. The molecule has 1 atom stereocenters. The molecule has 2 aromatic rings. The highest BCUT2D eigenvalue weighted by molar-refractivity contribution is 9.10. The van der Waals surface area contributed by atoms with Gasteiger partial charge in [0.2, 0.25) is 0 Å². The van der Waals surface area contributed by atoms with Crippen LogP contribution >= 0.6 is 31.9 Å². The highest BCUT2D eigenvalue weighted by Crippen LogP contribution is 2.33. The Kier molecular flexibility index (Phi) is 4.88. The van der Waals surface area contributed by atoms with Gasteiger partial charge in [-0.15, -0.1) is 0 Å². The van der Waals surface area contributed by atoms with E-state index in [2.05, 4.69) is 44.1 Å². The van der Waals surface area contributed by atoms with Gasteiger partial charge in [-0.3, -0.25) is 0 Å². The smallest absolute Gasteiger partial charge is 0.120 e. The lowest BCUT2D eigenvalue weighted by Crippen LogP contribution is -2.10. The summed E-state index contributed by atoms with van der Waals surface area (Å²) in [5, 5.41) is 13.5. The molecular weight excluding hydrogens is 370 g/mol. The Hall–Kier alpha value is -1.00. The summed E-state index contributed by atoms with van der Waals surface area (Å²) >= 11 is 6.97. The average molecular weight is 385 g/mol. The molecule has 0 amide bonds. The van der Waals surface area contributed by atoms with Gasteiger partial charge in [-0.05, 0) is 52.7 Å². The molecule has 0 fully saturated rings. The first kappa shape index (κ1) is 14.4. The summed E-state index contributed by atoms with van der Waals surface area (Å²) in [6, 6.07) is 13.5. The van der Waals surface area contributed by atoms with Crippen LogP contribution in [-0.4, -0.2) is 5.11 Å². The predicted molar refractivity (Wildman–Crippen MR) is 86.6 cm³/mol. The Balaban J connectivity index is 2.30. The first-order valence-corrected chi connectivity index (χ1v) is 7.70. The van der Waals surface area contributed by atoms with Gasteiger partial charge in [-0.1, -0.05) is 35.0 Å². The van der Waals surface area contributed by atoms with Crippen LogP contribution in [-0.2, 0) is 0 Å². The van der Waals surface area contributed by atoms with E-state index in [1.807, 2.05) is 36.4 Å². The zero-order chi connectivity index (χ0) is 13.8. The number of nitrogens with one attached hydrogen (secondary N) is 1. The number of phenolic OH excluding ortho intramolecular Hbond substituents is 1. The van der Waals surface area contributed by atoms with Crippen molar-refractivity contribution in [1.29, 1.82) is 0 Å². The number of anilines is 1. The molecular formula is C15H15Br2NO. The van der Waals surface area contributed by atoms with Crippen LogP contribution in [0.15, 0.2) is 51.4 Å². The number of aromatic hydroxyl groups is 1. The molecule has 0 aliphatic heterocycles. The number of hydrogen-bond acceptors (Lipinski definition) is 2. The monoisotopic (exact) mass is 383 g/mol. The number of phenols is 1. The van der Waals surface area contributed by atoms with Crippen molar-refractivity contribution in [3.63, 3.8) is 0 Å². The summed E-state index contributed by atoms with van der Waals surface area (Å²) in [5.74, 6) is 0.314. The van der Waals surface area contributed by atoms with E-state index in [1.165, 1.54) is 0 Å². The summed E-state index contributed by atoms with van der Waals surface area (Å²) in [7, 11) is 0. The fourth-order valence-corrected chi connectivity index (χ4v) is 2.75. The van der Waals surface area contributed by atoms with Crippen molar-refractivity contribution in [3.05, 3.63) is 57.0 Å². The largest absolute Gasteiger partial charge is 0.508 e. The summed E-state index contributed by atoms with van der Waals surface area (Å²) in [4.78, 5) is 0. The van der Waals surface area contributed by atoms with Gasteiger partial charge in [0.1, 0.15) is 5.75 Å². The van der Waals surface area contributed by atoms with Crippen LogP contribution in [0.1, 0.15) is 24.9 Å². The third-order valence-electron chi connectivity index (χ3n) is 2.98. The van der Waals surface area contributed by atoms with Gasteiger partial charge in [0.15, 0.2) is 0 Å². The van der Waals surface area contributed by atoms with Gasteiger partial charge in [-0.25, -0.2) is 0 Å². The number of rotatable bonds is 4. The lowest BCUT2D eigenvalue weighted by Gasteiger charge is -2.21. The highest BCUT2D eigenvalue weighted by Gasteiger charge is 2.14. The molecule has 2 nitrogen and oxygen atoms in total. The zero-order valence-electron chi connectivity index (χ0n) is 10.5. The molecule has 100 valence electrons. The molecule has 0 aliphatic rings. The van der Waals surface area contributed by atoms with Gasteiger partial charge >= 0.3 is 0 Å². The van der Waals surface area contributed by atoms with Crippen LogP contribution in [0.25, 0.3) is 0 Å². The molecule has 0 heterocycles. The Bertz CT molecular complexity index is 572. The van der Waals surface area contributed by atoms with Crippen LogP contribution in [0.2, 0.25) is 0 Å². The standard InChI is InChI=1S/C15H15Br2NO/c1-2-13(11-9-10(16)7-8-15(11)19)18-14-6-4-3-5-12(14)17/h3-9,13,18-19H,2H2,1H3. The maximum Gasteiger partial charge on any atom is 0.120 e. The van der Waals surface area contributed by atoms with E-state index in [1.54, 1.807) is 6.07 Å². The van der Waals surface area contributed by atoms with Gasteiger partial charge in [0.25, 0.3) is 0 Å². The van der Waals surface area contributed by atoms with E-state index in [9.17, 15) is 5.11 Å². The van der Waals surface area contributed by atoms with E-state index >= 15 is 0 Å². The van der Waals surface area contributed by atoms with Gasteiger partial charge in [-0.2, -0.15) is 0 Å². The molecule has 0 bridgehead atoms. The van der Waals surface area contributed by atoms with Crippen molar-refractivity contribution in [2.75, 3.05) is 5.32 Å². The number of para-hydroxylation sites is 1. The second kappa shape index (κ2) is 6.44. The maximum absolute atomic E-state index is 10.0. The Morgan fingerprint density at radius 1 is 1.16 bits per heavy atom. The fourth-order valence-electron chi connectivity index (χ4n) is 1.97. The molecule has 2 N–H and O–H groups in total. The minimum absolute atomic E-state index is 0.0659. The maximum atomic E-state index is 10.0. The summed E-state index contributed by atoms with van der Waals surface area (Å²) in [6.45, 7) is 2.09. The normalized spacial score (nSPS) is 12.2. The van der Waals surface area contributed by atoms with Crippen molar-refractivity contribution in [3.8, 4) is 5.75 Å². The first-order valence-electron chi connectivity index (χ1n) is 6.11.